The second-order valence-corrected chi connectivity index (χ2v) is 5.35. The lowest BCUT2D eigenvalue weighted by Crippen LogP contribution is -2.13. The van der Waals surface area contributed by atoms with Gasteiger partial charge in [-0.15, -0.1) is 0 Å². The van der Waals surface area contributed by atoms with Crippen LogP contribution in [-0.2, 0) is 0 Å². The van der Waals surface area contributed by atoms with Crippen molar-refractivity contribution >= 4 is 11.6 Å². The number of carbonyl (C=O) groups excluding carboxylic acids is 1. The van der Waals surface area contributed by atoms with Gasteiger partial charge in [0.25, 0.3) is 5.91 Å². The fourth-order valence-electron chi connectivity index (χ4n) is 2.52. The van der Waals surface area contributed by atoms with Crippen molar-refractivity contribution < 1.29 is 14.3 Å². The monoisotopic (exact) mass is 332 g/mol. The minimum atomic E-state index is -0.373. The maximum Gasteiger partial charge on any atom is 0.273 e. The number of carbonyl (C=O) groups is 1. The van der Waals surface area contributed by atoms with Gasteiger partial charge in [-0.1, -0.05) is 12.1 Å². The predicted molar refractivity (Wildman–Crippen MR) is 89.3 cm³/mol. The Hall–Kier alpha value is -3.79. The van der Waals surface area contributed by atoms with Gasteiger partial charge in [-0.3, -0.25) is 9.89 Å². The number of aromatic amines is 1. The van der Waals surface area contributed by atoms with Crippen molar-refractivity contribution in [2.24, 2.45) is 0 Å². The van der Waals surface area contributed by atoms with Crippen LogP contribution in [0.2, 0.25) is 0 Å². The third kappa shape index (κ3) is 2.77. The number of ether oxygens (including phenoxy) is 2. The van der Waals surface area contributed by atoms with Crippen LogP contribution in [0.4, 0.5) is 5.69 Å². The largest absolute Gasteiger partial charge is 0.454 e. The molecule has 7 heteroatoms. The van der Waals surface area contributed by atoms with E-state index >= 15 is 0 Å². The predicted octanol–water partition coefficient (Wildman–Crippen LogP) is 2.93. The summed E-state index contributed by atoms with van der Waals surface area (Å²) < 4.78 is 10.6. The van der Waals surface area contributed by atoms with Crippen LogP contribution < -0.4 is 14.8 Å². The van der Waals surface area contributed by atoms with Crippen LogP contribution in [0, 0.1) is 11.3 Å². The van der Waals surface area contributed by atoms with Gasteiger partial charge in [0.05, 0.1) is 16.9 Å². The Labute approximate surface area is 142 Å². The Balaban J connectivity index is 1.57. The van der Waals surface area contributed by atoms with Crippen LogP contribution in [-0.4, -0.2) is 22.9 Å². The number of hydrogen-bond acceptors (Lipinski definition) is 5. The van der Waals surface area contributed by atoms with Crippen molar-refractivity contribution in [2.45, 2.75) is 0 Å². The molecule has 0 unspecified atom stereocenters. The number of benzene rings is 2. The van der Waals surface area contributed by atoms with Crippen LogP contribution in [0.3, 0.4) is 0 Å². The zero-order chi connectivity index (χ0) is 17.2. The minimum Gasteiger partial charge on any atom is -0.454 e. The van der Waals surface area contributed by atoms with E-state index < -0.39 is 0 Å². The van der Waals surface area contributed by atoms with E-state index in [0.717, 1.165) is 5.56 Å². The van der Waals surface area contributed by atoms with Crippen molar-refractivity contribution in [3.63, 3.8) is 0 Å². The lowest BCUT2D eigenvalue weighted by Gasteiger charge is -2.04. The summed E-state index contributed by atoms with van der Waals surface area (Å²) in [6.45, 7) is 0.200. The quantitative estimate of drug-likeness (QED) is 0.768. The van der Waals surface area contributed by atoms with Gasteiger partial charge in [-0.05, 0) is 36.4 Å². The average Bonchev–Trinajstić information content (AvgIpc) is 3.30. The van der Waals surface area contributed by atoms with Crippen molar-refractivity contribution in [3.05, 3.63) is 59.8 Å². The molecule has 0 radical (unpaired) electrons. The number of hydrogen-bond donors (Lipinski definition) is 2. The Kier molecular flexibility index (Phi) is 3.56. The molecule has 1 aliphatic heterocycles. The second kappa shape index (κ2) is 6.02. The molecule has 2 N–H and O–H groups in total. The Bertz CT molecular complexity index is 1000. The summed E-state index contributed by atoms with van der Waals surface area (Å²) in [5.74, 6) is 0.960. The van der Waals surface area contributed by atoms with Crippen molar-refractivity contribution in [1.82, 2.24) is 10.2 Å². The molecule has 0 aliphatic carbocycles. The fraction of sp³-hybridized carbons (Fsp3) is 0.0556. The normalized spacial score (nSPS) is 11.8. The highest BCUT2D eigenvalue weighted by molar-refractivity contribution is 6.04. The molecular formula is C18H12N4O3. The number of nitrogens with one attached hydrogen (secondary N) is 2. The molecule has 0 spiro atoms. The minimum absolute atomic E-state index is 0.200. The number of fused-ring (bicyclic) bond motifs is 1. The maximum atomic E-state index is 12.4. The molecule has 0 atom stereocenters. The summed E-state index contributed by atoms with van der Waals surface area (Å²) in [5, 5.41) is 18.7. The number of amides is 1. The second-order valence-electron chi connectivity index (χ2n) is 5.35. The topological polar surface area (TPSA) is 100 Å². The Morgan fingerprint density at radius 3 is 2.88 bits per heavy atom. The Morgan fingerprint density at radius 2 is 2.00 bits per heavy atom. The number of H-pyrrole nitrogens is 1. The first kappa shape index (κ1) is 14.8. The van der Waals surface area contributed by atoms with E-state index in [9.17, 15) is 4.79 Å². The summed E-state index contributed by atoms with van der Waals surface area (Å²) in [4.78, 5) is 12.4. The van der Waals surface area contributed by atoms with Crippen LogP contribution in [0.25, 0.3) is 11.3 Å². The summed E-state index contributed by atoms with van der Waals surface area (Å²) in [6.07, 6.45) is 0. The van der Waals surface area contributed by atoms with Crippen LogP contribution >= 0.6 is 0 Å². The molecule has 1 aliphatic rings. The number of para-hydroxylation sites is 1. The molecule has 0 saturated carbocycles. The third-order valence-corrected chi connectivity index (χ3v) is 3.79. The SMILES string of the molecule is N#Cc1ccccc1NC(=O)c1cc(-c2ccc3c(c2)OCO3)n[nH]1. The highest BCUT2D eigenvalue weighted by Gasteiger charge is 2.17. The first-order valence-electron chi connectivity index (χ1n) is 7.50. The zero-order valence-electron chi connectivity index (χ0n) is 12.9. The van der Waals surface area contributed by atoms with Gasteiger partial charge in [0.15, 0.2) is 11.5 Å². The molecule has 0 fully saturated rings. The molecule has 1 aromatic heterocycles. The molecule has 25 heavy (non-hydrogen) atoms. The molecule has 1 amide bonds. The first-order valence-corrected chi connectivity index (χ1v) is 7.50. The van der Waals surface area contributed by atoms with Gasteiger partial charge >= 0.3 is 0 Å². The molecule has 0 saturated heterocycles. The van der Waals surface area contributed by atoms with Gasteiger partial charge in [0, 0.05) is 5.56 Å². The van der Waals surface area contributed by atoms with E-state index in [-0.39, 0.29) is 12.7 Å². The van der Waals surface area contributed by atoms with Gasteiger partial charge in [-0.2, -0.15) is 10.4 Å². The van der Waals surface area contributed by atoms with Gasteiger partial charge in [0.2, 0.25) is 6.79 Å². The van der Waals surface area contributed by atoms with Crippen molar-refractivity contribution in [3.8, 4) is 28.8 Å². The lowest BCUT2D eigenvalue weighted by atomic mass is 10.1. The number of nitrogens with zero attached hydrogens (tertiary/aromatic N) is 2. The molecular weight excluding hydrogens is 320 g/mol. The van der Waals surface area contributed by atoms with E-state index in [1.807, 2.05) is 18.2 Å². The summed E-state index contributed by atoms with van der Waals surface area (Å²) in [6, 6.07) is 15.9. The molecule has 4 rings (SSSR count). The van der Waals surface area contributed by atoms with E-state index in [2.05, 4.69) is 15.5 Å². The van der Waals surface area contributed by atoms with E-state index in [0.29, 0.717) is 34.1 Å². The number of rotatable bonds is 3. The molecule has 2 heterocycles. The van der Waals surface area contributed by atoms with E-state index in [4.69, 9.17) is 14.7 Å². The molecule has 7 nitrogen and oxygen atoms in total. The lowest BCUT2D eigenvalue weighted by molar-refractivity contribution is 0.102. The van der Waals surface area contributed by atoms with Gasteiger partial charge < -0.3 is 14.8 Å². The maximum absolute atomic E-state index is 12.4. The van der Waals surface area contributed by atoms with Crippen LogP contribution in [0.5, 0.6) is 11.5 Å². The standard InChI is InChI=1S/C18H12N4O3/c19-9-12-3-1-2-4-13(12)20-18(23)15-8-14(21-22-15)11-5-6-16-17(7-11)25-10-24-16/h1-8H,10H2,(H,20,23)(H,21,22). The number of aromatic nitrogens is 2. The summed E-state index contributed by atoms with van der Waals surface area (Å²) in [5.41, 5.74) is 2.55. The summed E-state index contributed by atoms with van der Waals surface area (Å²) in [7, 11) is 0. The van der Waals surface area contributed by atoms with Crippen molar-refractivity contribution in [2.75, 3.05) is 12.1 Å². The smallest absolute Gasteiger partial charge is 0.273 e. The fourth-order valence-corrected chi connectivity index (χ4v) is 2.52. The average molecular weight is 332 g/mol. The number of nitriles is 1. The zero-order valence-corrected chi connectivity index (χ0v) is 12.9. The van der Waals surface area contributed by atoms with Crippen LogP contribution in [0.1, 0.15) is 16.1 Å². The highest BCUT2D eigenvalue weighted by atomic mass is 16.7. The molecule has 2 aromatic carbocycles. The van der Waals surface area contributed by atoms with Gasteiger partial charge in [-0.25, -0.2) is 0 Å². The third-order valence-electron chi connectivity index (χ3n) is 3.79. The number of anilines is 1. The highest BCUT2D eigenvalue weighted by Crippen LogP contribution is 2.35. The van der Waals surface area contributed by atoms with E-state index in [1.54, 1.807) is 36.4 Å². The molecule has 0 bridgehead atoms. The van der Waals surface area contributed by atoms with Crippen molar-refractivity contribution in [1.29, 1.82) is 5.26 Å². The first-order chi connectivity index (χ1) is 12.2. The van der Waals surface area contributed by atoms with Crippen LogP contribution in [0.15, 0.2) is 48.5 Å². The molecule has 3 aromatic rings. The van der Waals surface area contributed by atoms with E-state index in [1.165, 1.54) is 0 Å². The van der Waals surface area contributed by atoms with Gasteiger partial charge in [0.1, 0.15) is 11.8 Å². The Morgan fingerprint density at radius 1 is 1.16 bits per heavy atom. The molecule has 122 valence electrons. The summed E-state index contributed by atoms with van der Waals surface area (Å²) >= 11 is 0.